The van der Waals surface area contributed by atoms with Crippen LogP contribution in [0, 0.1) is 0 Å². The molecule has 4 rings (SSSR count). The first-order chi connectivity index (χ1) is 19.4. The number of amides is 3. The number of likely N-dealkylation sites (tertiary alicyclic amines) is 1. The summed E-state index contributed by atoms with van der Waals surface area (Å²) in [4.78, 5) is 39.5. The molecule has 3 heterocycles. The topological polar surface area (TPSA) is 90.9 Å². The number of nitrogens with one attached hydrogen (secondary N) is 1. The number of halogens is 4. The molecule has 0 radical (unpaired) electrons. The van der Waals surface area contributed by atoms with Crippen LogP contribution in [0.1, 0.15) is 64.5 Å². The lowest BCUT2D eigenvalue weighted by molar-refractivity contribution is -0.137. The maximum atomic E-state index is 13.6. The largest absolute Gasteiger partial charge is 0.447 e. The lowest BCUT2D eigenvalue weighted by Gasteiger charge is -2.47. The average Bonchev–Trinajstić information content (AvgIpc) is 3.35. The van der Waals surface area contributed by atoms with E-state index in [0.29, 0.717) is 56.0 Å². The Hall–Kier alpha value is -3.28. The lowest BCUT2D eigenvalue weighted by Crippen LogP contribution is -2.57. The van der Waals surface area contributed by atoms with Gasteiger partial charge in [0, 0.05) is 42.8 Å². The Balaban J connectivity index is 1.70. The number of alkyl halides is 3. The van der Waals surface area contributed by atoms with Crippen molar-refractivity contribution in [2.45, 2.75) is 90.3 Å². The molecule has 13 heteroatoms. The number of ether oxygens (including phenoxy) is 1. The van der Waals surface area contributed by atoms with Gasteiger partial charge < -0.3 is 19.9 Å². The van der Waals surface area contributed by atoms with Crippen molar-refractivity contribution in [2.75, 3.05) is 22.9 Å². The molecule has 3 amide bonds. The summed E-state index contributed by atoms with van der Waals surface area (Å²) < 4.78 is 46.4. The van der Waals surface area contributed by atoms with Crippen LogP contribution in [0.25, 0.3) is 0 Å². The minimum absolute atomic E-state index is 0.0183. The van der Waals surface area contributed by atoms with E-state index in [4.69, 9.17) is 16.3 Å². The third-order valence-corrected chi connectivity index (χ3v) is 7.71. The van der Waals surface area contributed by atoms with Crippen LogP contribution in [0.15, 0.2) is 30.6 Å². The van der Waals surface area contributed by atoms with Gasteiger partial charge in [-0.15, -0.1) is 0 Å². The minimum atomic E-state index is -4.55. The molecule has 2 aliphatic heterocycles. The molecule has 0 bridgehead atoms. The number of piperidine rings is 1. The molecule has 2 saturated heterocycles. The van der Waals surface area contributed by atoms with Gasteiger partial charge in [-0.05, 0) is 63.3 Å². The van der Waals surface area contributed by atoms with Crippen LogP contribution < -0.4 is 15.1 Å². The van der Waals surface area contributed by atoms with Gasteiger partial charge in [0.2, 0.25) is 5.95 Å². The summed E-state index contributed by atoms with van der Waals surface area (Å²) in [6.07, 6.45) is 0.354. The van der Waals surface area contributed by atoms with Crippen LogP contribution in [-0.4, -0.2) is 64.3 Å². The number of aromatic nitrogens is 2. The minimum Gasteiger partial charge on any atom is -0.447 e. The Morgan fingerprint density at radius 3 is 2.29 bits per heavy atom. The number of anilines is 2. The molecule has 224 valence electrons. The van der Waals surface area contributed by atoms with Gasteiger partial charge in [-0.2, -0.15) is 13.2 Å². The number of urea groups is 1. The summed E-state index contributed by atoms with van der Waals surface area (Å²) in [6, 6.07) is 2.77. The Morgan fingerprint density at radius 1 is 1.15 bits per heavy atom. The molecule has 2 fully saturated rings. The molecular weight excluding hydrogens is 561 g/mol. The summed E-state index contributed by atoms with van der Waals surface area (Å²) in [5.41, 5.74) is 0.0504. The maximum absolute atomic E-state index is 13.6. The Morgan fingerprint density at radius 2 is 1.78 bits per heavy atom. The summed E-state index contributed by atoms with van der Waals surface area (Å²) >= 11 is 6.11. The second-order valence-electron chi connectivity index (χ2n) is 10.7. The van der Waals surface area contributed by atoms with E-state index in [1.807, 2.05) is 23.6 Å². The van der Waals surface area contributed by atoms with Crippen molar-refractivity contribution in [1.82, 2.24) is 20.2 Å². The van der Waals surface area contributed by atoms with Crippen LogP contribution >= 0.6 is 11.6 Å². The highest BCUT2D eigenvalue weighted by molar-refractivity contribution is 6.30. The monoisotopic (exact) mass is 596 g/mol. The molecule has 1 aromatic heterocycles. The predicted octanol–water partition coefficient (Wildman–Crippen LogP) is 6.25. The number of benzene rings is 1. The van der Waals surface area contributed by atoms with E-state index < -0.39 is 11.7 Å². The highest BCUT2D eigenvalue weighted by Crippen LogP contribution is 2.36. The molecule has 0 spiro atoms. The van der Waals surface area contributed by atoms with E-state index in [9.17, 15) is 22.8 Å². The van der Waals surface area contributed by atoms with Crippen molar-refractivity contribution in [3.8, 4) is 0 Å². The molecule has 2 aromatic rings. The first-order valence-corrected chi connectivity index (χ1v) is 14.3. The number of hydrogen-bond acceptors (Lipinski definition) is 6. The van der Waals surface area contributed by atoms with Gasteiger partial charge in [-0.1, -0.05) is 25.4 Å². The molecule has 9 nitrogen and oxygen atoms in total. The average molecular weight is 597 g/mol. The molecule has 0 unspecified atom stereocenters. The molecule has 2 aliphatic rings. The second kappa shape index (κ2) is 12.7. The van der Waals surface area contributed by atoms with Crippen molar-refractivity contribution in [3.63, 3.8) is 0 Å². The van der Waals surface area contributed by atoms with Crippen LogP contribution in [0.3, 0.4) is 0 Å². The highest BCUT2D eigenvalue weighted by Gasteiger charge is 2.41. The van der Waals surface area contributed by atoms with Gasteiger partial charge >= 0.3 is 18.3 Å². The van der Waals surface area contributed by atoms with Gasteiger partial charge in [0.05, 0.1) is 29.7 Å². The first-order valence-electron chi connectivity index (χ1n) is 13.9. The van der Waals surface area contributed by atoms with Gasteiger partial charge in [0.15, 0.2) is 0 Å². The zero-order valence-electron chi connectivity index (χ0n) is 23.6. The third kappa shape index (κ3) is 7.14. The quantitative estimate of drug-likeness (QED) is 0.387. The van der Waals surface area contributed by atoms with Gasteiger partial charge in [0.25, 0.3) is 0 Å². The number of rotatable bonds is 8. The number of hydrogen-bond donors (Lipinski definition) is 1. The lowest BCUT2D eigenvalue weighted by atomic mass is 9.87. The summed E-state index contributed by atoms with van der Waals surface area (Å²) in [6.45, 7) is 8.67. The fourth-order valence-electron chi connectivity index (χ4n) is 5.58. The highest BCUT2D eigenvalue weighted by atomic mass is 35.5. The van der Waals surface area contributed by atoms with Crippen molar-refractivity contribution < 1.29 is 27.5 Å². The molecule has 1 aromatic carbocycles. The van der Waals surface area contributed by atoms with E-state index in [1.165, 1.54) is 11.0 Å². The van der Waals surface area contributed by atoms with E-state index in [0.717, 1.165) is 12.1 Å². The van der Waals surface area contributed by atoms with E-state index in [2.05, 4.69) is 15.3 Å². The van der Waals surface area contributed by atoms with Crippen LogP contribution in [0.4, 0.5) is 34.4 Å². The fraction of sp³-hybridized carbons (Fsp3) is 0.571. The molecule has 1 N–H and O–H groups in total. The Bertz CT molecular complexity index is 1220. The van der Waals surface area contributed by atoms with Crippen molar-refractivity contribution in [2.24, 2.45) is 0 Å². The first kappa shape index (κ1) is 30.7. The SMILES string of the molecule is CC[C@@H]1C[C@@H](N(Cc2cc(Cl)cc(C(F)(F)F)c2)c2ncc(N3CCNC3=O)cn2)C[C@H](CC)N1C(=O)OC(C)C. The van der Waals surface area contributed by atoms with Crippen LogP contribution in [0.2, 0.25) is 5.02 Å². The van der Waals surface area contributed by atoms with Crippen molar-refractivity contribution >= 4 is 35.4 Å². The number of carbonyl (C=O) groups is 2. The Kier molecular flexibility index (Phi) is 9.51. The second-order valence-corrected chi connectivity index (χ2v) is 11.1. The predicted molar refractivity (Wildman–Crippen MR) is 150 cm³/mol. The van der Waals surface area contributed by atoms with E-state index >= 15 is 0 Å². The summed E-state index contributed by atoms with van der Waals surface area (Å²) in [7, 11) is 0. The number of carbonyl (C=O) groups excluding carboxylic acids is 2. The maximum Gasteiger partial charge on any atom is 0.416 e. The zero-order chi connectivity index (χ0) is 29.9. The summed E-state index contributed by atoms with van der Waals surface area (Å²) in [5, 5.41) is 2.72. The third-order valence-electron chi connectivity index (χ3n) is 7.49. The van der Waals surface area contributed by atoms with Gasteiger partial charge in [-0.25, -0.2) is 19.6 Å². The standard InChI is InChI=1S/C28H36ClF3N6O3/c1-5-21-12-23(13-22(6-2)38(21)27(40)41-17(3)4)37(16-18-9-19(28(30,31)32)11-20(29)10-18)25-34-14-24(15-35-25)36-8-7-33-26(36)39/h9-11,14-15,17,21-23H,5-8,12-13,16H2,1-4H3,(H,33,39)/t21-,22+,23-. The van der Waals surface area contributed by atoms with Crippen LogP contribution in [0.5, 0.6) is 0 Å². The van der Waals surface area contributed by atoms with Gasteiger partial charge in [0.1, 0.15) is 0 Å². The Labute approximate surface area is 243 Å². The van der Waals surface area contributed by atoms with E-state index in [-0.39, 0.29) is 47.9 Å². The smallest absolute Gasteiger partial charge is 0.416 e. The molecule has 0 saturated carbocycles. The summed E-state index contributed by atoms with van der Waals surface area (Å²) in [5.74, 6) is 0.315. The normalized spacial score (nSPS) is 21.3. The molecular formula is C28H36ClF3N6O3. The molecule has 41 heavy (non-hydrogen) atoms. The van der Waals surface area contributed by atoms with Gasteiger partial charge in [-0.3, -0.25) is 4.90 Å². The molecule has 3 atom stereocenters. The van der Waals surface area contributed by atoms with Crippen LogP contribution in [-0.2, 0) is 17.5 Å². The van der Waals surface area contributed by atoms with Crippen molar-refractivity contribution in [1.29, 1.82) is 0 Å². The zero-order valence-corrected chi connectivity index (χ0v) is 24.4. The number of nitrogens with zero attached hydrogens (tertiary/aromatic N) is 5. The van der Waals surface area contributed by atoms with Crippen molar-refractivity contribution in [3.05, 3.63) is 46.7 Å². The van der Waals surface area contributed by atoms with E-state index in [1.54, 1.807) is 26.2 Å². The molecule has 0 aliphatic carbocycles. The fourth-order valence-corrected chi connectivity index (χ4v) is 5.83.